The third-order valence-electron chi connectivity index (χ3n) is 3.73. The Hall–Kier alpha value is -2.99. The first-order chi connectivity index (χ1) is 11.4. The maximum absolute atomic E-state index is 4.77. The maximum Gasteiger partial charge on any atom is 0.146 e. The molecule has 0 spiro atoms. The van der Waals surface area contributed by atoms with Crippen LogP contribution in [0, 0.1) is 0 Å². The number of nitrogens with zero attached hydrogens (tertiary/aromatic N) is 5. The van der Waals surface area contributed by atoms with Gasteiger partial charge in [0.15, 0.2) is 0 Å². The van der Waals surface area contributed by atoms with Crippen LogP contribution in [0.2, 0.25) is 0 Å². The molecule has 4 aromatic heterocycles. The van der Waals surface area contributed by atoms with Crippen LogP contribution in [0.3, 0.4) is 0 Å². The lowest BCUT2D eigenvalue weighted by molar-refractivity contribution is 1.29. The van der Waals surface area contributed by atoms with Crippen LogP contribution in [-0.2, 0) is 0 Å². The van der Waals surface area contributed by atoms with Crippen LogP contribution >= 0.6 is 11.3 Å². The summed E-state index contributed by atoms with van der Waals surface area (Å²) in [6, 6.07) is 10.1. The molecule has 0 radical (unpaired) electrons. The number of benzene rings is 1. The van der Waals surface area contributed by atoms with Gasteiger partial charge in [-0.3, -0.25) is 4.98 Å². The molecule has 1 aromatic carbocycles. The van der Waals surface area contributed by atoms with Crippen molar-refractivity contribution in [3.05, 3.63) is 55.1 Å². The van der Waals surface area contributed by atoms with Crippen LogP contribution in [0.5, 0.6) is 0 Å². The Morgan fingerprint density at radius 2 is 1.52 bits per heavy atom. The van der Waals surface area contributed by atoms with Gasteiger partial charge in [0.1, 0.15) is 20.7 Å². The summed E-state index contributed by atoms with van der Waals surface area (Å²) in [6.07, 6.45) is 6.95. The van der Waals surface area contributed by atoms with Gasteiger partial charge in [0.05, 0.1) is 17.4 Å². The van der Waals surface area contributed by atoms with Crippen LogP contribution in [0.25, 0.3) is 42.9 Å². The number of fused-ring (bicyclic) bond motifs is 4. The quantitative estimate of drug-likeness (QED) is 0.470. The fourth-order valence-corrected chi connectivity index (χ4v) is 3.63. The molecule has 0 fully saturated rings. The molecule has 0 saturated heterocycles. The lowest BCUT2D eigenvalue weighted by Gasteiger charge is -2.04. The number of hydrogen-bond donors (Lipinski definition) is 0. The molecule has 5 rings (SSSR count). The van der Waals surface area contributed by atoms with Crippen molar-refractivity contribution in [1.82, 2.24) is 24.9 Å². The zero-order chi connectivity index (χ0) is 15.2. The van der Waals surface area contributed by atoms with Gasteiger partial charge in [0, 0.05) is 29.5 Å². The molecule has 108 valence electrons. The van der Waals surface area contributed by atoms with Crippen molar-refractivity contribution in [1.29, 1.82) is 0 Å². The molecule has 0 aliphatic heterocycles. The molecule has 0 bridgehead atoms. The normalized spacial score (nSPS) is 11.5. The van der Waals surface area contributed by atoms with Crippen LogP contribution < -0.4 is 0 Å². The zero-order valence-corrected chi connectivity index (χ0v) is 12.7. The second kappa shape index (κ2) is 4.76. The van der Waals surface area contributed by atoms with Gasteiger partial charge >= 0.3 is 0 Å². The van der Waals surface area contributed by atoms with Crippen molar-refractivity contribution < 1.29 is 0 Å². The third-order valence-corrected chi connectivity index (χ3v) is 4.70. The number of para-hydroxylation sites is 1. The summed E-state index contributed by atoms with van der Waals surface area (Å²) in [5.41, 5.74) is 4.34. The Kier molecular flexibility index (Phi) is 2.59. The molecule has 0 N–H and O–H groups in total. The highest BCUT2D eigenvalue weighted by atomic mass is 32.1. The van der Waals surface area contributed by atoms with Gasteiger partial charge in [-0.05, 0) is 6.07 Å². The first-order valence-electron chi connectivity index (χ1n) is 7.10. The van der Waals surface area contributed by atoms with Crippen LogP contribution in [0.4, 0.5) is 0 Å². The molecule has 5 aromatic rings. The summed E-state index contributed by atoms with van der Waals surface area (Å²) in [5, 5.41) is 1.09. The number of rotatable bonds is 1. The Labute approximate surface area is 134 Å². The Bertz CT molecular complexity index is 1180. The Balaban J connectivity index is 1.81. The predicted octanol–water partition coefficient (Wildman–Crippen LogP) is 3.85. The number of thiophene rings is 1. The van der Waals surface area contributed by atoms with E-state index in [0.29, 0.717) is 0 Å². The van der Waals surface area contributed by atoms with Gasteiger partial charge in [-0.2, -0.15) is 0 Å². The van der Waals surface area contributed by atoms with E-state index in [4.69, 9.17) is 4.98 Å². The molecule has 0 amide bonds. The average molecular weight is 315 g/mol. The summed E-state index contributed by atoms with van der Waals surface area (Å²) in [6.45, 7) is 0. The fourth-order valence-electron chi connectivity index (χ4n) is 2.70. The van der Waals surface area contributed by atoms with E-state index in [2.05, 4.69) is 19.9 Å². The van der Waals surface area contributed by atoms with E-state index >= 15 is 0 Å². The summed E-state index contributed by atoms with van der Waals surface area (Å²) < 4.78 is 0. The highest BCUT2D eigenvalue weighted by Crippen LogP contribution is 2.31. The summed E-state index contributed by atoms with van der Waals surface area (Å²) in [4.78, 5) is 24.2. The number of pyridine rings is 1. The van der Waals surface area contributed by atoms with E-state index in [1.54, 1.807) is 24.8 Å². The molecular formula is C17H9N5S. The summed E-state index contributed by atoms with van der Waals surface area (Å²) in [7, 11) is 0. The van der Waals surface area contributed by atoms with Crippen molar-refractivity contribution in [2.24, 2.45) is 0 Å². The van der Waals surface area contributed by atoms with E-state index in [-0.39, 0.29) is 0 Å². The minimum atomic E-state index is 0.801. The van der Waals surface area contributed by atoms with Gasteiger partial charge in [-0.1, -0.05) is 35.6 Å². The van der Waals surface area contributed by atoms with E-state index in [1.807, 2.05) is 30.3 Å². The first-order valence-corrected chi connectivity index (χ1v) is 7.92. The van der Waals surface area contributed by atoms with E-state index in [0.717, 1.165) is 42.9 Å². The largest absolute Gasteiger partial charge is 0.256 e. The van der Waals surface area contributed by atoms with Crippen molar-refractivity contribution in [2.45, 2.75) is 0 Å². The number of aromatic nitrogens is 5. The maximum atomic E-state index is 4.77. The molecule has 0 unspecified atom stereocenters. The molecular weight excluding hydrogens is 306 g/mol. The monoisotopic (exact) mass is 315 g/mol. The van der Waals surface area contributed by atoms with Gasteiger partial charge in [0.25, 0.3) is 0 Å². The highest BCUT2D eigenvalue weighted by Gasteiger charge is 2.12. The molecule has 0 saturated carbocycles. The van der Waals surface area contributed by atoms with Crippen molar-refractivity contribution in [3.8, 4) is 11.3 Å². The SMILES string of the molecule is c1cnc2c(-c3cnc4c(n3)sc3nccnc34)cccc2c1. The standard InChI is InChI=1S/C17H9N5S/c1-3-10-4-2-6-18-13(10)11(5-1)12-9-21-15-14-16(20-8-7-19-14)23-17(15)22-12/h1-9H. The smallest absolute Gasteiger partial charge is 0.146 e. The minimum absolute atomic E-state index is 0.801. The van der Waals surface area contributed by atoms with Gasteiger partial charge in [0.2, 0.25) is 0 Å². The van der Waals surface area contributed by atoms with Gasteiger partial charge in [-0.25, -0.2) is 19.9 Å². The second-order valence-electron chi connectivity index (χ2n) is 5.10. The Morgan fingerprint density at radius 1 is 0.696 bits per heavy atom. The number of hydrogen-bond acceptors (Lipinski definition) is 6. The first kappa shape index (κ1) is 12.5. The van der Waals surface area contributed by atoms with Crippen LogP contribution in [0.15, 0.2) is 55.1 Å². The van der Waals surface area contributed by atoms with E-state index in [1.165, 1.54) is 11.3 Å². The summed E-state index contributed by atoms with van der Waals surface area (Å²) in [5.74, 6) is 0. The Morgan fingerprint density at radius 3 is 2.52 bits per heavy atom. The van der Waals surface area contributed by atoms with Crippen molar-refractivity contribution in [2.75, 3.05) is 0 Å². The molecule has 0 aliphatic rings. The fraction of sp³-hybridized carbons (Fsp3) is 0. The summed E-state index contributed by atoms with van der Waals surface area (Å²) >= 11 is 1.51. The molecule has 0 atom stereocenters. The second-order valence-corrected chi connectivity index (χ2v) is 6.08. The van der Waals surface area contributed by atoms with Gasteiger partial charge < -0.3 is 0 Å². The molecule has 6 heteroatoms. The highest BCUT2D eigenvalue weighted by molar-refractivity contribution is 7.24. The topological polar surface area (TPSA) is 64.5 Å². The van der Waals surface area contributed by atoms with Crippen LogP contribution in [0.1, 0.15) is 0 Å². The molecule has 5 nitrogen and oxygen atoms in total. The third kappa shape index (κ3) is 1.89. The lowest BCUT2D eigenvalue weighted by Crippen LogP contribution is -1.89. The minimum Gasteiger partial charge on any atom is -0.256 e. The lowest BCUT2D eigenvalue weighted by atomic mass is 10.1. The van der Waals surface area contributed by atoms with Crippen molar-refractivity contribution >= 4 is 42.9 Å². The van der Waals surface area contributed by atoms with E-state index < -0.39 is 0 Å². The molecule has 0 aliphatic carbocycles. The molecule has 23 heavy (non-hydrogen) atoms. The van der Waals surface area contributed by atoms with Crippen molar-refractivity contribution in [3.63, 3.8) is 0 Å². The average Bonchev–Trinajstić information content (AvgIpc) is 2.99. The molecule has 4 heterocycles. The van der Waals surface area contributed by atoms with Crippen LogP contribution in [-0.4, -0.2) is 24.9 Å². The zero-order valence-electron chi connectivity index (χ0n) is 11.8. The predicted molar refractivity (Wildman–Crippen MR) is 91.2 cm³/mol. The van der Waals surface area contributed by atoms with Gasteiger partial charge in [-0.15, -0.1) is 0 Å². The van der Waals surface area contributed by atoms with E-state index in [9.17, 15) is 0 Å².